The Hall–Kier alpha value is -0.0800. The highest BCUT2D eigenvalue weighted by Gasteiger charge is 2.31. The van der Waals surface area contributed by atoms with Crippen molar-refractivity contribution in [1.29, 1.82) is 0 Å². The molecule has 1 saturated carbocycles. The molecule has 1 aliphatic carbocycles. The van der Waals surface area contributed by atoms with E-state index in [4.69, 9.17) is 0 Å². The second-order valence-electron chi connectivity index (χ2n) is 6.86. The topological polar surface area (TPSA) is 15.3 Å². The number of nitrogens with zero attached hydrogens (tertiary/aromatic N) is 1. The monoisotopic (exact) mass is 238 g/mol. The lowest BCUT2D eigenvalue weighted by atomic mass is 9.83. The van der Waals surface area contributed by atoms with Gasteiger partial charge in [0.05, 0.1) is 0 Å². The second-order valence-corrected chi connectivity index (χ2v) is 6.86. The van der Waals surface area contributed by atoms with E-state index in [0.29, 0.717) is 5.41 Å². The summed E-state index contributed by atoms with van der Waals surface area (Å²) < 4.78 is 0. The molecule has 0 radical (unpaired) electrons. The summed E-state index contributed by atoms with van der Waals surface area (Å²) in [6.07, 6.45) is 8.27. The largest absolute Gasteiger partial charge is 0.312 e. The molecule has 0 spiro atoms. The van der Waals surface area contributed by atoms with E-state index < -0.39 is 0 Å². The zero-order valence-corrected chi connectivity index (χ0v) is 12.0. The highest BCUT2D eigenvalue weighted by Crippen LogP contribution is 2.30. The molecule has 2 nitrogen and oxygen atoms in total. The zero-order valence-electron chi connectivity index (χ0n) is 12.0. The van der Waals surface area contributed by atoms with Gasteiger partial charge in [0.2, 0.25) is 0 Å². The molecular formula is C15H30N2. The number of piperidine rings is 1. The van der Waals surface area contributed by atoms with Crippen molar-refractivity contribution in [2.24, 2.45) is 5.41 Å². The molecule has 1 unspecified atom stereocenters. The fraction of sp³-hybridized carbons (Fsp3) is 1.00. The summed E-state index contributed by atoms with van der Waals surface area (Å²) in [5.41, 5.74) is 0.532. The fourth-order valence-electron chi connectivity index (χ4n) is 3.12. The quantitative estimate of drug-likeness (QED) is 0.765. The summed E-state index contributed by atoms with van der Waals surface area (Å²) in [7, 11) is 0. The third-order valence-electron chi connectivity index (χ3n) is 4.29. The van der Waals surface area contributed by atoms with Gasteiger partial charge in [0.1, 0.15) is 0 Å². The molecule has 2 heteroatoms. The molecule has 17 heavy (non-hydrogen) atoms. The Bertz CT molecular complexity index is 233. The van der Waals surface area contributed by atoms with Gasteiger partial charge < -0.3 is 5.32 Å². The molecule has 2 rings (SSSR count). The van der Waals surface area contributed by atoms with Gasteiger partial charge in [0.15, 0.2) is 0 Å². The van der Waals surface area contributed by atoms with Crippen LogP contribution < -0.4 is 5.32 Å². The highest BCUT2D eigenvalue weighted by atomic mass is 15.2. The molecule has 1 atom stereocenters. The van der Waals surface area contributed by atoms with Crippen LogP contribution >= 0.6 is 0 Å². The predicted molar refractivity (Wildman–Crippen MR) is 74.3 cm³/mol. The van der Waals surface area contributed by atoms with Crippen molar-refractivity contribution in [2.75, 3.05) is 19.6 Å². The van der Waals surface area contributed by atoms with Gasteiger partial charge >= 0.3 is 0 Å². The van der Waals surface area contributed by atoms with Gasteiger partial charge in [-0.15, -0.1) is 0 Å². The van der Waals surface area contributed by atoms with E-state index in [0.717, 1.165) is 12.1 Å². The molecule has 0 aromatic carbocycles. The lowest BCUT2D eigenvalue weighted by Gasteiger charge is -2.42. The van der Waals surface area contributed by atoms with E-state index >= 15 is 0 Å². The molecule has 1 saturated heterocycles. The van der Waals surface area contributed by atoms with E-state index in [1.165, 1.54) is 58.2 Å². The standard InChI is InChI=1S/C15H30N2/c1-4-6-14(11-16-13-7-8-13)17-10-5-9-15(2,3)12-17/h13-14,16H,4-12H2,1-3H3. The third-order valence-corrected chi connectivity index (χ3v) is 4.29. The van der Waals surface area contributed by atoms with E-state index in [9.17, 15) is 0 Å². The maximum Gasteiger partial charge on any atom is 0.0220 e. The average molecular weight is 238 g/mol. The Balaban J connectivity index is 1.84. The van der Waals surface area contributed by atoms with Crippen LogP contribution in [0, 0.1) is 5.41 Å². The van der Waals surface area contributed by atoms with Gasteiger partial charge in [-0.3, -0.25) is 4.90 Å². The maximum absolute atomic E-state index is 3.72. The normalized spacial score (nSPS) is 27.0. The number of nitrogens with one attached hydrogen (secondary N) is 1. The molecule has 1 heterocycles. The first kappa shape index (κ1) is 13.4. The third kappa shape index (κ3) is 4.26. The van der Waals surface area contributed by atoms with Crippen LogP contribution in [-0.4, -0.2) is 36.6 Å². The zero-order chi connectivity index (χ0) is 12.3. The Morgan fingerprint density at radius 3 is 2.71 bits per heavy atom. The van der Waals surface area contributed by atoms with Gasteiger partial charge in [0, 0.05) is 25.2 Å². The van der Waals surface area contributed by atoms with Crippen LogP contribution in [0.4, 0.5) is 0 Å². The maximum atomic E-state index is 3.72. The van der Waals surface area contributed by atoms with Gasteiger partial charge in [-0.25, -0.2) is 0 Å². The van der Waals surface area contributed by atoms with Crippen molar-refractivity contribution < 1.29 is 0 Å². The highest BCUT2D eigenvalue weighted by molar-refractivity contribution is 4.87. The van der Waals surface area contributed by atoms with Crippen molar-refractivity contribution in [1.82, 2.24) is 10.2 Å². The van der Waals surface area contributed by atoms with E-state index in [-0.39, 0.29) is 0 Å². The molecule has 100 valence electrons. The minimum atomic E-state index is 0.532. The summed E-state index contributed by atoms with van der Waals surface area (Å²) in [5, 5.41) is 3.72. The van der Waals surface area contributed by atoms with Crippen LogP contribution in [0.3, 0.4) is 0 Å². The Morgan fingerprint density at radius 1 is 1.35 bits per heavy atom. The SMILES string of the molecule is CCCC(CNC1CC1)N1CCCC(C)(C)C1. The van der Waals surface area contributed by atoms with Crippen molar-refractivity contribution in [3.63, 3.8) is 0 Å². The Kier molecular flexibility index (Phi) is 4.48. The smallest absolute Gasteiger partial charge is 0.0220 e. The molecular weight excluding hydrogens is 208 g/mol. The molecule has 0 aromatic rings. The van der Waals surface area contributed by atoms with Crippen LogP contribution in [0.25, 0.3) is 0 Å². The van der Waals surface area contributed by atoms with E-state index in [1.807, 2.05) is 0 Å². The summed E-state index contributed by atoms with van der Waals surface area (Å²) >= 11 is 0. The lowest BCUT2D eigenvalue weighted by Crippen LogP contribution is -2.49. The molecule has 1 N–H and O–H groups in total. The van der Waals surface area contributed by atoms with Crippen molar-refractivity contribution >= 4 is 0 Å². The molecule has 2 fully saturated rings. The predicted octanol–water partition coefficient (Wildman–Crippen LogP) is 3.03. The van der Waals surface area contributed by atoms with Gasteiger partial charge in [-0.1, -0.05) is 27.2 Å². The lowest BCUT2D eigenvalue weighted by molar-refractivity contribution is 0.0732. The number of hydrogen-bond acceptors (Lipinski definition) is 2. The summed E-state index contributed by atoms with van der Waals surface area (Å²) in [5.74, 6) is 0. The van der Waals surface area contributed by atoms with E-state index in [1.54, 1.807) is 0 Å². The number of hydrogen-bond donors (Lipinski definition) is 1. The second kappa shape index (κ2) is 5.71. The number of likely N-dealkylation sites (tertiary alicyclic amines) is 1. The Labute approximate surface area is 107 Å². The van der Waals surface area contributed by atoms with Gasteiger partial charge in [0.25, 0.3) is 0 Å². The Morgan fingerprint density at radius 2 is 2.12 bits per heavy atom. The van der Waals surface area contributed by atoms with Crippen LogP contribution in [0.5, 0.6) is 0 Å². The first-order valence-corrected chi connectivity index (χ1v) is 7.58. The summed E-state index contributed by atoms with van der Waals surface area (Å²) in [4.78, 5) is 2.75. The van der Waals surface area contributed by atoms with Crippen molar-refractivity contribution in [3.05, 3.63) is 0 Å². The molecule has 0 aromatic heterocycles. The minimum absolute atomic E-state index is 0.532. The van der Waals surface area contributed by atoms with Gasteiger partial charge in [-0.05, 0) is 44.1 Å². The first-order valence-electron chi connectivity index (χ1n) is 7.58. The first-order chi connectivity index (χ1) is 8.11. The molecule has 1 aliphatic heterocycles. The summed E-state index contributed by atoms with van der Waals surface area (Å²) in [6, 6.07) is 1.63. The van der Waals surface area contributed by atoms with Crippen LogP contribution in [0.2, 0.25) is 0 Å². The number of rotatable bonds is 6. The van der Waals surface area contributed by atoms with Crippen LogP contribution in [0.15, 0.2) is 0 Å². The molecule has 0 bridgehead atoms. The van der Waals surface area contributed by atoms with Crippen molar-refractivity contribution in [2.45, 2.75) is 71.4 Å². The summed E-state index contributed by atoms with van der Waals surface area (Å²) in [6.45, 7) is 11.0. The van der Waals surface area contributed by atoms with Crippen molar-refractivity contribution in [3.8, 4) is 0 Å². The van der Waals surface area contributed by atoms with Crippen LogP contribution in [0.1, 0.15) is 59.3 Å². The molecule has 0 amide bonds. The minimum Gasteiger partial charge on any atom is -0.312 e. The van der Waals surface area contributed by atoms with E-state index in [2.05, 4.69) is 31.0 Å². The fourth-order valence-corrected chi connectivity index (χ4v) is 3.12. The molecule has 2 aliphatic rings. The van der Waals surface area contributed by atoms with Gasteiger partial charge in [-0.2, -0.15) is 0 Å². The van der Waals surface area contributed by atoms with Crippen LogP contribution in [-0.2, 0) is 0 Å². The average Bonchev–Trinajstić information content (AvgIpc) is 3.06.